The van der Waals surface area contributed by atoms with E-state index < -0.39 is 18.6 Å². The predicted molar refractivity (Wildman–Crippen MR) is 119 cm³/mol. The lowest BCUT2D eigenvalue weighted by atomic mass is 9.93. The predicted octanol–water partition coefficient (Wildman–Crippen LogP) is 7.08. The number of benzene rings is 1. The Morgan fingerprint density at radius 3 is 2.48 bits per heavy atom. The van der Waals surface area contributed by atoms with E-state index in [1.807, 2.05) is 0 Å². The molecule has 168 valence electrons. The summed E-state index contributed by atoms with van der Waals surface area (Å²) in [7, 11) is 0. The minimum absolute atomic E-state index is 0. The molecule has 1 unspecified atom stereocenters. The summed E-state index contributed by atoms with van der Waals surface area (Å²) < 4.78 is 44.5. The molecule has 1 aliphatic carbocycles. The molecule has 3 nitrogen and oxygen atoms in total. The van der Waals surface area contributed by atoms with E-state index in [0.717, 1.165) is 12.8 Å². The highest BCUT2D eigenvalue weighted by Crippen LogP contribution is 2.36. The van der Waals surface area contributed by atoms with Gasteiger partial charge >= 0.3 is 6.18 Å². The smallest absolute Gasteiger partial charge is 0.405 e. The SMILES string of the molecule is CCOC(=N)C(CCCCl)c1cc(N(CC2CC2)CC(F)(F)F)ccc1Cl.Cl.Cl. The molecule has 0 saturated heterocycles. The van der Waals surface area contributed by atoms with E-state index in [-0.39, 0.29) is 30.7 Å². The molecule has 1 saturated carbocycles. The molecule has 1 fully saturated rings. The van der Waals surface area contributed by atoms with Crippen molar-refractivity contribution in [1.82, 2.24) is 0 Å². The third kappa shape index (κ3) is 9.41. The summed E-state index contributed by atoms with van der Waals surface area (Å²) in [5.41, 5.74) is 1.08. The highest BCUT2D eigenvalue weighted by atomic mass is 35.5. The lowest BCUT2D eigenvalue weighted by Crippen LogP contribution is -2.35. The molecule has 0 aromatic heterocycles. The first-order valence-corrected chi connectivity index (χ1v) is 10.0. The van der Waals surface area contributed by atoms with Crippen LogP contribution in [0.2, 0.25) is 5.02 Å². The molecule has 29 heavy (non-hydrogen) atoms. The zero-order valence-electron chi connectivity index (χ0n) is 16.1. The summed E-state index contributed by atoms with van der Waals surface area (Å²) in [6, 6.07) is 4.89. The van der Waals surface area contributed by atoms with Gasteiger partial charge < -0.3 is 9.64 Å². The average molecular weight is 498 g/mol. The van der Waals surface area contributed by atoms with Crippen LogP contribution >= 0.6 is 48.0 Å². The molecule has 1 aliphatic rings. The Labute approximate surface area is 192 Å². The van der Waals surface area contributed by atoms with Crippen LogP contribution in [0, 0.1) is 11.3 Å². The molecule has 1 aromatic carbocycles. The molecule has 1 aromatic rings. The van der Waals surface area contributed by atoms with Gasteiger partial charge in [0.2, 0.25) is 0 Å². The summed E-state index contributed by atoms with van der Waals surface area (Å²) in [6.45, 7) is 1.50. The molecule has 2 rings (SSSR count). The van der Waals surface area contributed by atoms with Gasteiger partial charge in [0.25, 0.3) is 0 Å². The molecular weight excluding hydrogens is 471 g/mol. The van der Waals surface area contributed by atoms with Crippen LogP contribution in [0.15, 0.2) is 18.2 Å². The summed E-state index contributed by atoms with van der Waals surface area (Å²) in [4.78, 5) is 1.36. The fraction of sp³-hybridized carbons (Fsp3) is 0.632. The maximum atomic E-state index is 13.1. The Bertz CT molecular complexity index is 642. The maximum Gasteiger partial charge on any atom is 0.405 e. The lowest BCUT2D eigenvalue weighted by Gasteiger charge is -2.28. The van der Waals surface area contributed by atoms with Gasteiger partial charge in [0.05, 0.1) is 12.5 Å². The van der Waals surface area contributed by atoms with Gasteiger partial charge in [-0.15, -0.1) is 36.4 Å². The molecule has 0 radical (unpaired) electrons. The Balaban J connectivity index is 0.00000392. The van der Waals surface area contributed by atoms with Crippen molar-refractivity contribution in [2.75, 3.05) is 30.5 Å². The Kier molecular flexibility index (Phi) is 12.7. The largest absolute Gasteiger partial charge is 0.481 e. The second-order valence-corrected chi connectivity index (χ2v) is 7.61. The number of halogens is 7. The number of rotatable bonds is 10. The van der Waals surface area contributed by atoms with Crippen molar-refractivity contribution >= 4 is 59.6 Å². The highest BCUT2D eigenvalue weighted by Gasteiger charge is 2.34. The topological polar surface area (TPSA) is 36.3 Å². The lowest BCUT2D eigenvalue weighted by molar-refractivity contribution is -0.119. The standard InChI is InChI=1S/C19H25Cl2F3N2O.2ClH/c1-2-27-18(25)15(4-3-9-20)16-10-14(7-8-17(16)21)26(11-13-5-6-13)12-19(22,23)24;;/h7-8,10,13,15,25H,2-6,9,11-12H2,1H3;2*1H. The molecular formula is C19H27Cl4F3N2O. The number of nitrogens with one attached hydrogen (secondary N) is 1. The van der Waals surface area contributed by atoms with Gasteiger partial charge in [-0.2, -0.15) is 13.2 Å². The molecule has 0 amide bonds. The van der Waals surface area contributed by atoms with Crippen molar-refractivity contribution < 1.29 is 17.9 Å². The van der Waals surface area contributed by atoms with Crippen LogP contribution in [0.25, 0.3) is 0 Å². The van der Waals surface area contributed by atoms with Gasteiger partial charge in [0.1, 0.15) is 6.54 Å². The monoisotopic (exact) mass is 496 g/mol. The number of anilines is 1. The molecule has 0 bridgehead atoms. The first kappa shape index (κ1) is 28.4. The Morgan fingerprint density at radius 1 is 1.31 bits per heavy atom. The second kappa shape index (κ2) is 13.0. The second-order valence-electron chi connectivity index (χ2n) is 6.83. The van der Waals surface area contributed by atoms with Crippen LogP contribution in [0.4, 0.5) is 18.9 Å². The van der Waals surface area contributed by atoms with Gasteiger partial charge in [0, 0.05) is 23.1 Å². The summed E-state index contributed by atoms with van der Waals surface area (Å²) in [6.07, 6.45) is -1.17. The van der Waals surface area contributed by atoms with Crippen LogP contribution in [0.3, 0.4) is 0 Å². The van der Waals surface area contributed by atoms with Gasteiger partial charge in [-0.25, -0.2) is 0 Å². The van der Waals surface area contributed by atoms with E-state index in [0.29, 0.717) is 54.1 Å². The van der Waals surface area contributed by atoms with Gasteiger partial charge in [-0.05, 0) is 62.3 Å². The van der Waals surface area contributed by atoms with Crippen LogP contribution in [0.1, 0.15) is 44.1 Å². The molecule has 0 aliphatic heterocycles. The number of alkyl halides is 4. The van der Waals surface area contributed by atoms with Gasteiger partial charge in [-0.3, -0.25) is 5.41 Å². The van der Waals surface area contributed by atoms with E-state index in [1.54, 1.807) is 25.1 Å². The van der Waals surface area contributed by atoms with E-state index in [9.17, 15) is 13.2 Å². The normalized spacial score (nSPS) is 14.4. The van der Waals surface area contributed by atoms with Crippen LogP contribution in [-0.4, -0.2) is 37.7 Å². The van der Waals surface area contributed by atoms with Crippen LogP contribution in [0.5, 0.6) is 0 Å². The summed E-state index contributed by atoms with van der Waals surface area (Å²) in [5, 5.41) is 8.60. The van der Waals surface area contributed by atoms with Crippen molar-refractivity contribution in [2.24, 2.45) is 5.92 Å². The molecule has 0 heterocycles. The first-order valence-electron chi connectivity index (χ1n) is 9.13. The molecule has 1 N–H and O–H groups in total. The molecule has 10 heteroatoms. The van der Waals surface area contributed by atoms with Gasteiger partial charge in [-0.1, -0.05) is 11.6 Å². The van der Waals surface area contributed by atoms with E-state index in [4.69, 9.17) is 33.3 Å². The van der Waals surface area contributed by atoms with Crippen molar-refractivity contribution in [1.29, 1.82) is 5.41 Å². The minimum Gasteiger partial charge on any atom is -0.481 e. The zero-order chi connectivity index (χ0) is 20.0. The number of hydrogen-bond acceptors (Lipinski definition) is 3. The first-order chi connectivity index (χ1) is 12.7. The van der Waals surface area contributed by atoms with Crippen molar-refractivity contribution in [3.8, 4) is 0 Å². The van der Waals surface area contributed by atoms with Crippen molar-refractivity contribution in [3.63, 3.8) is 0 Å². The van der Waals surface area contributed by atoms with E-state index >= 15 is 0 Å². The number of nitrogens with zero attached hydrogens (tertiary/aromatic N) is 1. The van der Waals surface area contributed by atoms with Crippen LogP contribution in [-0.2, 0) is 4.74 Å². The maximum absolute atomic E-state index is 13.1. The van der Waals surface area contributed by atoms with Crippen LogP contribution < -0.4 is 4.90 Å². The van der Waals surface area contributed by atoms with Gasteiger partial charge in [0.15, 0.2) is 5.90 Å². The quantitative estimate of drug-likeness (QED) is 0.213. The van der Waals surface area contributed by atoms with E-state index in [2.05, 4.69) is 0 Å². The average Bonchev–Trinajstić information content (AvgIpc) is 3.39. The third-order valence-electron chi connectivity index (χ3n) is 4.51. The van der Waals surface area contributed by atoms with Crippen molar-refractivity contribution in [3.05, 3.63) is 28.8 Å². The number of ether oxygens (including phenoxy) is 1. The Hall–Kier alpha value is -0.560. The minimum atomic E-state index is -4.29. The zero-order valence-corrected chi connectivity index (χ0v) is 19.3. The van der Waals surface area contributed by atoms with E-state index in [1.165, 1.54) is 4.90 Å². The Morgan fingerprint density at radius 2 is 1.97 bits per heavy atom. The molecule has 0 spiro atoms. The highest BCUT2D eigenvalue weighted by molar-refractivity contribution is 6.31. The molecule has 1 atom stereocenters. The fourth-order valence-corrected chi connectivity index (χ4v) is 3.45. The summed E-state index contributed by atoms with van der Waals surface area (Å²) in [5.74, 6) is 0.367. The summed E-state index contributed by atoms with van der Waals surface area (Å²) >= 11 is 12.1. The number of hydrogen-bond donors (Lipinski definition) is 1. The third-order valence-corrected chi connectivity index (χ3v) is 5.12. The fourth-order valence-electron chi connectivity index (χ4n) is 3.05. The van der Waals surface area contributed by atoms with Crippen molar-refractivity contribution in [2.45, 2.75) is 44.7 Å².